The Morgan fingerprint density at radius 2 is 1.35 bits per heavy atom. The summed E-state index contributed by atoms with van der Waals surface area (Å²) in [5.41, 5.74) is -9.45. The predicted octanol–water partition coefficient (Wildman–Crippen LogP) is -1.64. The van der Waals surface area contributed by atoms with E-state index in [9.17, 15) is 49.2 Å². The van der Waals surface area contributed by atoms with E-state index in [2.05, 4.69) is 5.32 Å². The van der Waals surface area contributed by atoms with Crippen molar-refractivity contribution < 1.29 is 53.3 Å². The lowest BCUT2D eigenvalue weighted by atomic mass is 9.65. The first kappa shape index (κ1) is 28.8. The van der Waals surface area contributed by atoms with E-state index >= 15 is 0 Å². The summed E-state index contributed by atoms with van der Waals surface area (Å²) in [5.74, 6) is -10.8. The van der Waals surface area contributed by atoms with E-state index in [-0.39, 0.29) is 11.3 Å². The zero-order chi connectivity index (χ0) is 32.0. The summed E-state index contributed by atoms with van der Waals surface area (Å²) in [6, 6.07) is -1.40. The van der Waals surface area contributed by atoms with Crippen LogP contribution in [-0.4, -0.2) is 121 Å². The standard InChI is InChI=1S/C24H41N3O10/c1-11-12(2)24(16(30)13(3)25-8,27(10)18(32)15(5)29)20(34)22(6,26(9)17(31)14(4)28)19(33)23(7,37)21(35)36/h12-15,25,28-29,37H,11H2,1-10H3,(H,35,36)/t12-,13+,14+,15+,22+,23-,24-/m1/s1/i8D,9D,10D. The zero-order valence-corrected chi connectivity index (χ0v) is 22.3. The number of nitrogens with zero attached hydrogens (tertiary/aromatic N) is 2. The summed E-state index contributed by atoms with van der Waals surface area (Å²) in [4.78, 5) is 81.6. The van der Waals surface area contributed by atoms with E-state index in [1.807, 2.05) is 0 Å². The first-order valence-corrected chi connectivity index (χ1v) is 11.4. The third-order valence-electron chi connectivity index (χ3n) is 6.70. The van der Waals surface area contributed by atoms with Gasteiger partial charge in [-0.3, -0.25) is 24.0 Å². The number of amides is 2. The van der Waals surface area contributed by atoms with Crippen molar-refractivity contribution in [3.63, 3.8) is 0 Å². The largest absolute Gasteiger partial charge is 0.479 e. The number of aliphatic hydroxyl groups excluding tert-OH is 2. The Kier molecular flexibility index (Phi) is 9.51. The first-order valence-electron chi connectivity index (χ1n) is 13.6. The molecule has 13 nitrogen and oxygen atoms in total. The van der Waals surface area contributed by atoms with E-state index in [1.54, 1.807) is 0 Å². The summed E-state index contributed by atoms with van der Waals surface area (Å²) < 4.78 is 23.5. The molecule has 0 unspecified atom stereocenters. The molecule has 0 aliphatic rings. The molecular weight excluding hydrogens is 490 g/mol. The average molecular weight is 535 g/mol. The fraction of sp³-hybridized carbons (Fsp3) is 0.750. The third kappa shape index (κ3) is 5.74. The minimum atomic E-state index is -3.38. The van der Waals surface area contributed by atoms with Crippen molar-refractivity contribution in [3.05, 3.63) is 0 Å². The maximum atomic E-state index is 14.9. The quantitative estimate of drug-likeness (QED) is 0.160. The number of hydrogen-bond donors (Lipinski definition) is 5. The minimum absolute atomic E-state index is 0.0838. The number of aliphatic carboxylic acids is 1. The van der Waals surface area contributed by atoms with E-state index in [0.717, 1.165) is 13.8 Å². The van der Waals surface area contributed by atoms with Gasteiger partial charge in [-0.25, -0.2) is 4.79 Å². The number of carbonyl (C=O) groups excluding carboxylic acids is 5. The van der Waals surface area contributed by atoms with Gasteiger partial charge in [-0.2, -0.15) is 0 Å². The number of aliphatic hydroxyl groups is 3. The molecule has 2 amide bonds. The van der Waals surface area contributed by atoms with Gasteiger partial charge in [0.1, 0.15) is 12.2 Å². The highest BCUT2D eigenvalue weighted by Gasteiger charge is 2.66. The van der Waals surface area contributed by atoms with Gasteiger partial charge in [0.2, 0.25) is 11.4 Å². The van der Waals surface area contributed by atoms with Crippen LogP contribution < -0.4 is 5.32 Å². The molecule has 0 saturated heterocycles. The van der Waals surface area contributed by atoms with Crippen LogP contribution in [0.3, 0.4) is 0 Å². The van der Waals surface area contributed by atoms with Crippen molar-refractivity contribution in [2.24, 2.45) is 5.92 Å². The van der Waals surface area contributed by atoms with E-state index in [1.165, 1.54) is 20.8 Å². The number of carboxylic acids is 1. The van der Waals surface area contributed by atoms with Crippen molar-refractivity contribution >= 4 is 35.1 Å². The number of ketones is 3. The summed E-state index contributed by atoms with van der Waals surface area (Å²) in [5, 5.41) is 42.8. The fourth-order valence-corrected chi connectivity index (χ4v) is 3.95. The fourth-order valence-electron chi connectivity index (χ4n) is 3.95. The Morgan fingerprint density at radius 1 is 0.892 bits per heavy atom. The van der Waals surface area contributed by atoms with Gasteiger partial charge in [0.05, 0.1) is 6.04 Å². The third-order valence-corrected chi connectivity index (χ3v) is 6.70. The molecule has 0 fully saturated rings. The van der Waals surface area contributed by atoms with Crippen LogP contribution in [0.15, 0.2) is 0 Å². The lowest BCUT2D eigenvalue weighted by Crippen LogP contribution is -2.77. The molecular formula is C24H41N3O10. The highest BCUT2D eigenvalue weighted by molar-refractivity contribution is 6.30. The highest BCUT2D eigenvalue weighted by atomic mass is 16.4. The SMILES string of the molecule is [2H]CN[C@@H](C)C(=O)[C@@](C(=O)[C@](C)(C(=O)[C@@](C)(O)C(=O)O)N(C[2H])C(=O)[C@H](C)O)([C@H](C)CC)N(C[2H])C(=O)[C@H](C)O. The molecule has 7 atom stereocenters. The molecule has 0 aromatic carbocycles. The Balaban J connectivity index is 8.30. The summed E-state index contributed by atoms with van der Waals surface area (Å²) in [7, 11) is -2.93. The molecule has 0 heterocycles. The molecule has 37 heavy (non-hydrogen) atoms. The van der Waals surface area contributed by atoms with Gasteiger partial charge in [-0.05, 0) is 47.6 Å². The van der Waals surface area contributed by atoms with Crippen molar-refractivity contribution in [2.75, 3.05) is 21.1 Å². The van der Waals surface area contributed by atoms with Gasteiger partial charge in [-0.1, -0.05) is 20.3 Å². The van der Waals surface area contributed by atoms with E-state index in [0.29, 0.717) is 18.7 Å². The number of hydrogen-bond acceptors (Lipinski definition) is 10. The highest BCUT2D eigenvalue weighted by Crippen LogP contribution is 2.38. The minimum Gasteiger partial charge on any atom is -0.479 e. The van der Waals surface area contributed by atoms with Gasteiger partial charge in [-0.15, -0.1) is 0 Å². The zero-order valence-electron chi connectivity index (χ0n) is 25.3. The Bertz CT molecular complexity index is 993. The smallest absolute Gasteiger partial charge is 0.343 e. The summed E-state index contributed by atoms with van der Waals surface area (Å²) in [6.45, 7) is 7.17. The Morgan fingerprint density at radius 3 is 1.70 bits per heavy atom. The molecule has 5 N–H and O–H groups in total. The summed E-state index contributed by atoms with van der Waals surface area (Å²) in [6.07, 6.45) is -3.90. The maximum Gasteiger partial charge on any atom is 0.343 e. The van der Waals surface area contributed by atoms with Crippen molar-refractivity contribution in [1.82, 2.24) is 15.1 Å². The normalized spacial score (nSPS) is 20.6. The molecule has 0 aromatic rings. The van der Waals surface area contributed by atoms with E-state index in [4.69, 9.17) is 4.11 Å². The van der Waals surface area contributed by atoms with Crippen LogP contribution in [-0.2, 0) is 28.8 Å². The first-order chi connectivity index (χ1) is 18.2. The maximum absolute atomic E-state index is 14.9. The van der Waals surface area contributed by atoms with Crippen LogP contribution >= 0.6 is 0 Å². The molecule has 0 spiro atoms. The lowest BCUT2D eigenvalue weighted by molar-refractivity contribution is -0.178. The number of nitrogens with one attached hydrogen (secondary N) is 1. The molecule has 0 aliphatic heterocycles. The van der Waals surface area contributed by atoms with Crippen LogP contribution in [0.2, 0.25) is 0 Å². The number of Topliss-reactive ketones (excluding diaryl/α,β-unsaturated/α-hetero) is 3. The second kappa shape index (κ2) is 12.2. The topological polar surface area (TPSA) is 202 Å². The van der Waals surface area contributed by atoms with Crippen LogP contribution in [0, 0.1) is 5.92 Å². The van der Waals surface area contributed by atoms with Gasteiger partial charge >= 0.3 is 5.97 Å². The van der Waals surface area contributed by atoms with Crippen LogP contribution in [0.25, 0.3) is 0 Å². The molecule has 0 saturated carbocycles. The van der Waals surface area contributed by atoms with Gasteiger partial charge in [0.25, 0.3) is 11.8 Å². The molecule has 0 aromatic heterocycles. The molecule has 0 rings (SSSR count). The number of rotatable bonds is 14. The van der Waals surface area contributed by atoms with Crippen molar-refractivity contribution in [1.29, 1.82) is 0 Å². The molecule has 0 aliphatic carbocycles. The van der Waals surface area contributed by atoms with Crippen LogP contribution in [0.5, 0.6) is 0 Å². The van der Waals surface area contributed by atoms with Gasteiger partial charge in [0, 0.05) is 18.2 Å². The average Bonchev–Trinajstić information content (AvgIpc) is 2.89. The van der Waals surface area contributed by atoms with Gasteiger partial charge in [0.15, 0.2) is 22.6 Å². The second-order valence-corrected chi connectivity index (χ2v) is 9.36. The van der Waals surface area contributed by atoms with Gasteiger partial charge < -0.3 is 35.5 Å². The van der Waals surface area contributed by atoms with Crippen molar-refractivity contribution in [2.45, 2.75) is 89.8 Å². The predicted molar refractivity (Wildman–Crippen MR) is 131 cm³/mol. The number of likely N-dealkylation sites (N-methyl/N-ethyl adjacent to an activating group) is 3. The Labute approximate surface area is 221 Å². The molecule has 13 heteroatoms. The number of carbonyl (C=O) groups is 6. The molecule has 0 radical (unpaired) electrons. The van der Waals surface area contributed by atoms with Crippen LogP contribution in [0.4, 0.5) is 0 Å². The molecule has 0 bridgehead atoms. The lowest BCUT2D eigenvalue weighted by Gasteiger charge is -2.50. The van der Waals surface area contributed by atoms with Crippen molar-refractivity contribution in [3.8, 4) is 0 Å². The Hall–Kier alpha value is -2.74. The molecule has 212 valence electrons. The monoisotopic (exact) mass is 534 g/mol. The van der Waals surface area contributed by atoms with E-state index < -0.39 is 97.1 Å². The number of carboxylic acid groups (broad SMARTS) is 1. The summed E-state index contributed by atoms with van der Waals surface area (Å²) >= 11 is 0. The van der Waals surface area contributed by atoms with Crippen LogP contribution in [0.1, 0.15) is 59.0 Å². The second-order valence-electron chi connectivity index (χ2n) is 9.36.